The predicted octanol–water partition coefficient (Wildman–Crippen LogP) is 2.27. The molecule has 0 amide bonds. The van der Waals surface area contributed by atoms with Crippen LogP contribution in [0.3, 0.4) is 0 Å². The number of rotatable bonds is 6. The fourth-order valence-corrected chi connectivity index (χ4v) is 2.82. The highest BCUT2D eigenvalue weighted by Crippen LogP contribution is 2.24. The highest BCUT2D eigenvalue weighted by molar-refractivity contribution is 6.39. The molecule has 0 saturated heterocycles. The molecule has 0 fully saturated rings. The molecule has 0 bridgehead atoms. The van der Waals surface area contributed by atoms with E-state index in [2.05, 4.69) is 45.4 Å². The first kappa shape index (κ1) is 12.9. The standard InChI is InChI=1S/C11H25NSi/c1-6-9(3)11(8-13-12-5)10(4)7-2/h8-10,12H,6-7,13H2,1-5H3. The lowest BCUT2D eigenvalue weighted by Crippen LogP contribution is -2.15. The first-order valence-corrected chi connectivity index (χ1v) is 7.04. The van der Waals surface area contributed by atoms with Gasteiger partial charge in [0.2, 0.25) is 0 Å². The van der Waals surface area contributed by atoms with E-state index >= 15 is 0 Å². The predicted molar refractivity (Wildman–Crippen MR) is 64.6 cm³/mol. The van der Waals surface area contributed by atoms with Crippen molar-refractivity contribution in [3.05, 3.63) is 11.3 Å². The molecular formula is C11H25NSi. The Hall–Kier alpha value is -0.0831. The van der Waals surface area contributed by atoms with Crippen molar-refractivity contribution in [2.24, 2.45) is 11.8 Å². The number of hydrogen-bond donors (Lipinski definition) is 1. The lowest BCUT2D eigenvalue weighted by molar-refractivity contribution is 0.531. The van der Waals surface area contributed by atoms with Crippen LogP contribution in [0.5, 0.6) is 0 Å². The van der Waals surface area contributed by atoms with Crippen molar-refractivity contribution in [2.45, 2.75) is 40.5 Å². The zero-order valence-corrected chi connectivity index (χ0v) is 11.3. The molecule has 0 aromatic carbocycles. The smallest absolute Gasteiger partial charge is 0.116 e. The molecule has 0 aromatic rings. The zero-order valence-electron chi connectivity index (χ0n) is 9.85. The van der Waals surface area contributed by atoms with E-state index in [1.54, 1.807) is 5.57 Å². The Kier molecular flexibility index (Phi) is 7.29. The van der Waals surface area contributed by atoms with Gasteiger partial charge in [0.25, 0.3) is 0 Å². The molecule has 13 heavy (non-hydrogen) atoms. The lowest BCUT2D eigenvalue weighted by atomic mass is 9.88. The largest absolute Gasteiger partial charge is 0.342 e. The van der Waals surface area contributed by atoms with Gasteiger partial charge in [-0.3, -0.25) is 0 Å². The molecule has 2 unspecified atom stereocenters. The Labute approximate surface area is 85.9 Å². The van der Waals surface area contributed by atoms with E-state index in [0.717, 1.165) is 11.8 Å². The van der Waals surface area contributed by atoms with Gasteiger partial charge >= 0.3 is 0 Å². The minimum Gasteiger partial charge on any atom is -0.342 e. The topological polar surface area (TPSA) is 12.0 Å². The third kappa shape index (κ3) is 4.63. The molecule has 78 valence electrons. The van der Waals surface area contributed by atoms with Crippen LogP contribution in [0.25, 0.3) is 0 Å². The average molecular weight is 199 g/mol. The molecule has 1 N–H and O–H groups in total. The van der Waals surface area contributed by atoms with Gasteiger partial charge in [-0.2, -0.15) is 0 Å². The van der Waals surface area contributed by atoms with Crippen LogP contribution in [0.1, 0.15) is 40.5 Å². The van der Waals surface area contributed by atoms with Crippen molar-refractivity contribution < 1.29 is 0 Å². The van der Waals surface area contributed by atoms with Gasteiger partial charge in [-0.15, -0.1) is 0 Å². The van der Waals surface area contributed by atoms with E-state index in [0.29, 0.717) is 0 Å². The second kappa shape index (κ2) is 7.33. The van der Waals surface area contributed by atoms with Crippen molar-refractivity contribution in [1.82, 2.24) is 4.98 Å². The summed E-state index contributed by atoms with van der Waals surface area (Å²) in [7, 11) is 1.92. The second-order valence-electron chi connectivity index (χ2n) is 3.88. The third-order valence-electron chi connectivity index (χ3n) is 2.90. The van der Waals surface area contributed by atoms with Gasteiger partial charge in [0.15, 0.2) is 0 Å². The Bertz CT molecular complexity index is 142. The highest BCUT2D eigenvalue weighted by Gasteiger charge is 2.11. The van der Waals surface area contributed by atoms with E-state index < -0.39 is 0 Å². The maximum Gasteiger partial charge on any atom is 0.116 e. The summed E-state index contributed by atoms with van der Waals surface area (Å²) in [5, 5.41) is 0. The Morgan fingerprint density at radius 1 is 1.23 bits per heavy atom. The van der Waals surface area contributed by atoms with Crippen molar-refractivity contribution >= 4 is 9.68 Å². The van der Waals surface area contributed by atoms with E-state index in [1.807, 2.05) is 0 Å². The van der Waals surface area contributed by atoms with Gasteiger partial charge in [-0.05, 0) is 31.7 Å². The lowest BCUT2D eigenvalue weighted by Gasteiger charge is -2.20. The minimum atomic E-state index is -0.142. The summed E-state index contributed by atoms with van der Waals surface area (Å²) in [6.07, 6.45) is 2.54. The Morgan fingerprint density at radius 2 is 1.69 bits per heavy atom. The first-order valence-electron chi connectivity index (χ1n) is 5.51. The fourth-order valence-electron chi connectivity index (χ4n) is 1.58. The molecule has 0 aliphatic rings. The molecule has 0 spiro atoms. The van der Waals surface area contributed by atoms with E-state index in [1.165, 1.54) is 12.8 Å². The molecule has 0 radical (unpaired) electrons. The second-order valence-corrected chi connectivity index (χ2v) is 5.40. The van der Waals surface area contributed by atoms with Gasteiger partial charge in [0, 0.05) is 0 Å². The quantitative estimate of drug-likeness (QED) is 0.647. The zero-order chi connectivity index (χ0) is 10.3. The van der Waals surface area contributed by atoms with Crippen LogP contribution >= 0.6 is 0 Å². The maximum atomic E-state index is 3.32. The molecule has 0 rings (SSSR count). The van der Waals surface area contributed by atoms with Crippen LogP contribution in [0.15, 0.2) is 11.3 Å². The summed E-state index contributed by atoms with van der Waals surface area (Å²) in [5.74, 6) is 1.55. The number of nitrogens with one attached hydrogen (secondary N) is 1. The molecule has 0 saturated carbocycles. The molecule has 0 heterocycles. The van der Waals surface area contributed by atoms with Crippen LogP contribution < -0.4 is 4.98 Å². The van der Waals surface area contributed by atoms with E-state index in [4.69, 9.17) is 0 Å². The fraction of sp³-hybridized carbons (Fsp3) is 0.818. The summed E-state index contributed by atoms with van der Waals surface area (Å²) < 4.78 is 0. The van der Waals surface area contributed by atoms with E-state index in [-0.39, 0.29) is 9.68 Å². The summed E-state index contributed by atoms with van der Waals surface area (Å²) in [6, 6.07) is 0. The monoisotopic (exact) mass is 199 g/mol. The van der Waals surface area contributed by atoms with Crippen molar-refractivity contribution in [1.29, 1.82) is 0 Å². The summed E-state index contributed by atoms with van der Waals surface area (Å²) >= 11 is 0. The maximum absolute atomic E-state index is 3.32. The molecule has 0 aromatic heterocycles. The van der Waals surface area contributed by atoms with E-state index in [9.17, 15) is 0 Å². The van der Waals surface area contributed by atoms with Crippen LogP contribution in [0, 0.1) is 11.8 Å². The van der Waals surface area contributed by atoms with Gasteiger partial charge in [0.1, 0.15) is 9.68 Å². The summed E-state index contributed by atoms with van der Waals surface area (Å²) in [5.41, 5.74) is 4.19. The Balaban J connectivity index is 4.34. The number of allylic oxidation sites excluding steroid dienone is 1. The summed E-state index contributed by atoms with van der Waals surface area (Å²) in [6.45, 7) is 9.26. The molecule has 0 aliphatic carbocycles. The van der Waals surface area contributed by atoms with Crippen LogP contribution in [0.4, 0.5) is 0 Å². The van der Waals surface area contributed by atoms with Gasteiger partial charge in [-0.25, -0.2) is 0 Å². The van der Waals surface area contributed by atoms with Crippen molar-refractivity contribution in [3.8, 4) is 0 Å². The molecule has 2 atom stereocenters. The van der Waals surface area contributed by atoms with Gasteiger partial charge in [-0.1, -0.05) is 39.0 Å². The van der Waals surface area contributed by atoms with Crippen molar-refractivity contribution in [3.63, 3.8) is 0 Å². The average Bonchev–Trinajstić information content (AvgIpc) is 2.17. The van der Waals surface area contributed by atoms with Crippen molar-refractivity contribution in [2.75, 3.05) is 7.05 Å². The Morgan fingerprint density at radius 3 is 2.00 bits per heavy atom. The molecule has 2 heteroatoms. The normalized spacial score (nSPS) is 16.1. The SMILES string of the molecule is CCC(C)C(=C[SiH2]NC)C(C)CC. The minimum absolute atomic E-state index is 0.142. The summed E-state index contributed by atoms with van der Waals surface area (Å²) in [4.78, 5) is 3.32. The van der Waals surface area contributed by atoms with Crippen LogP contribution in [0.2, 0.25) is 0 Å². The highest BCUT2D eigenvalue weighted by atomic mass is 28.2. The molecule has 0 aliphatic heterocycles. The number of hydrogen-bond acceptors (Lipinski definition) is 1. The van der Waals surface area contributed by atoms with Crippen LogP contribution in [-0.4, -0.2) is 16.7 Å². The van der Waals surface area contributed by atoms with Gasteiger partial charge < -0.3 is 4.98 Å². The third-order valence-corrected chi connectivity index (χ3v) is 3.99. The van der Waals surface area contributed by atoms with Gasteiger partial charge in [0.05, 0.1) is 0 Å². The molecule has 1 nitrogen and oxygen atoms in total. The first-order chi connectivity index (χ1) is 6.17. The van der Waals surface area contributed by atoms with Crippen LogP contribution in [-0.2, 0) is 0 Å². The molecular weight excluding hydrogens is 174 g/mol.